The Morgan fingerprint density at radius 2 is 0.875 bits per heavy atom. The molecule has 0 bridgehead atoms. The van der Waals surface area contributed by atoms with E-state index in [1.54, 1.807) is 0 Å². The van der Waals surface area contributed by atoms with E-state index in [2.05, 4.69) is 175 Å². The molecule has 0 radical (unpaired) electrons. The van der Waals surface area contributed by atoms with Gasteiger partial charge in [-0.15, -0.1) is 0 Å². The summed E-state index contributed by atoms with van der Waals surface area (Å²) < 4.78 is 4.97. The Bertz CT molecular complexity index is 3770. The molecule has 0 unspecified atom stereocenters. The van der Waals surface area contributed by atoms with Gasteiger partial charge in [-0.3, -0.25) is 19.9 Å². The Morgan fingerprint density at radius 1 is 0.417 bits per heavy atom. The van der Waals surface area contributed by atoms with Crippen molar-refractivity contribution in [2.24, 2.45) is 0 Å². The summed E-state index contributed by atoms with van der Waals surface area (Å²) in [5.74, 6) is 0. The van der Waals surface area contributed by atoms with Crippen LogP contribution in [-0.2, 0) is 5.54 Å². The number of hydrogen-bond donors (Lipinski definition) is 0. The SMILES string of the molecule is C=C1c2ccc(-n3c4ccc(-c5cc(-c6ccccn6)cc(-c6ccccn6)c5)cc4c4cc(-c5cc(-c6ccccn6)cc(-c6ccccn6)c5)ccc43)cc2-c2c3ccccc3cc[n+]2C1(CC)CC. The van der Waals surface area contributed by atoms with E-state index in [-0.39, 0.29) is 5.54 Å². The largest absolute Gasteiger partial charge is 0.309 e. The van der Waals surface area contributed by atoms with E-state index in [9.17, 15) is 0 Å². The lowest BCUT2D eigenvalue weighted by Crippen LogP contribution is -2.59. The van der Waals surface area contributed by atoms with Gasteiger partial charge in [-0.1, -0.05) is 81.1 Å². The summed E-state index contributed by atoms with van der Waals surface area (Å²) in [7, 11) is 0. The Morgan fingerprint density at radius 3 is 1.33 bits per heavy atom. The molecule has 0 spiro atoms. The predicted molar refractivity (Wildman–Crippen MR) is 295 cm³/mol. The zero-order chi connectivity index (χ0) is 48.3. The smallest absolute Gasteiger partial charge is 0.221 e. The molecule has 6 aromatic heterocycles. The van der Waals surface area contributed by atoms with E-state index in [4.69, 9.17) is 26.5 Å². The van der Waals surface area contributed by atoms with Crippen LogP contribution in [0.3, 0.4) is 0 Å². The van der Waals surface area contributed by atoms with Crippen molar-refractivity contribution in [1.29, 1.82) is 0 Å². The number of rotatable bonds is 9. The normalized spacial score (nSPS) is 12.8. The van der Waals surface area contributed by atoms with Gasteiger partial charge in [0.2, 0.25) is 5.69 Å². The third-order valence-electron chi connectivity index (χ3n) is 15.0. The molecule has 72 heavy (non-hydrogen) atoms. The molecular formula is C66H49N6+. The molecule has 13 rings (SSSR count). The first-order valence-electron chi connectivity index (χ1n) is 24.8. The number of benzene rings is 6. The van der Waals surface area contributed by atoms with E-state index < -0.39 is 0 Å². The monoisotopic (exact) mass is 925 g/mol. The lowest BCUT2D eigenvalue weighted by Gasteiger charge is -2.35. The summed E-state index contributed by atoms with van der Waals surface area (Å²) in [5.41, 5.74) is 20.0. The first-order valence-corrected chi connectivity index (χ1v) is 24.8. The Hall–Kier alpha value is -9.13. The van der Waals surface area contributed by atoms with Crippen molar-refractivity contribution in [3.05, 3.63) is 237 Å². The second kappa shape index (κ2) is 17.4. The van der Waals surface area contributed by atoms with E-state index in [0.29, 0.717) is 0 Å². The fourth-order valence-corrected chi connectivity index (χ4v) is 11.4. The Balaban J connectivity index is 1.06. The molecule has 342 valence electrons. The van der Waals surface area contributed by atoms with Gasteiger partial charge in [0.25, 0.3) is 0 Å². The number of aromatic nitrogens is 6. The van der Waals surface area contributed by atoms with Crippen LogP contribution in [0.25, 0.3) is 122 Å². The summed E-state index contributed by atoms with van der Waals surface area (Å²) in [4.78, 5) is 19.1. The average Bonchev–Trinajstić information content (AvgIpc) is 3.79. The van der Waals surface area contributed by atoms with Gasteiger partial charge in [0.15, 0.2) is 11.7 Å². The van der Waals surface area contributed by atoms with Gasteiger partial charge in [-0.25, -0.2) is 0 Å². The molecule has 0 atom stereocenters. The van der Waals surface area contributed by atoms with Crippen molar-refractivity contribution in [2.45, 2.75) is 32.2 Å². The Labute approximate surface area is 419 Å². The molecule has 0 fully saturated rings. The maximum Gasteiger partial charge on any atom is 0.221 e. The van der Waals surface area contributed by atoms with Crippen molar-refractivity contribution < 1.29 is 4.57 Å². The highest BCUT2D eigenvalue weighted by Crippen LogP contribution is 2.47. The number of nitrogens with zero attached hydrogens (tertiary/aromatic N) is 6. The zero-order valence-corrected chi connectivity index (χ0v) is 40.2. The topological polar surface area (TPSA) is 60.4 Å². The lowest BCUT2D eigenvalue weighted by molar-refractivity contribution is -0.740. The van der Waals surface area contributed by atoms with Gasteiger partial charge >= 0.3 is 0 Å². The minimum Gasteiger partial charge on any atom is -0.309 e. The van der Waals surface area contributed by atoms with Crippen LogP contribution < -0.4 is 4.57 Å². The fraction of sp³-hybridized carbons (Fsp3) is 0.0758. The minimum atomic E-state index is -0.234. The molecule has 0 N–H and O–H groups in total. The van der Waals surface area contributed by atoms with Crippen molar-refractivity contribution in [3.8, 4) is 84.2 Å². The summed E-state index contributed by atoms with van der Waals surface area (Å²) >= 11 is 0. The molecule has 1 aliphatic rings. The van der Waals surface area contributed by atoms with Crippen molar-refractivity contribution in [2.75, 3.05) is 0 Å². The van der Waals surface area contributed by atoms with Gasteiger partial charge < -0.3 is 4.57 Å². The van der Waals surface area contributed by atoms with Crippen molar-refractivity contribution in [1.82, 2.24) is 24.5 Å². The first kappa shape index (κ1) is 42.9. The zero-order valence-electron chi connectivity index (χ0n) is 40.2. The molecule has 6 heteroatoms. The number of pyridine rings is 5. The second-order valence-corrected chi connectivity index (χ2v) is 18.8. The van der Waals surface area contributed by atoms with E-state index in [0.717, 1.165) is 113 Å². The molecular weight excluding hydrogens is 877 g/mol. The summed E-state index contributed by atoms with van der Waals surface area (Å²) in [6.45, 7) is 9.45. The summed E-state index contributed by atoms with van der Waals surface area (Å²) in [6, 6.07) is 69.6. The van der Waals surface area contributed by atoms with Crippen LogP contribution >= 0.6 is 0 Å². The van der Waals surface area contributed by atoms with Crippen molar-refractivity contribution in [3.63, 3.8) is 0 Å². The second-order valence-electron chi connectivity index (χ2n) is 18.8. The van der Waals surface area contributed by atoms with Crippen LogP contribution in [0.5, 0.6) is 0 Å². The van der Waals surface area contributed by atoms with Gasteiger partial charge in [-0.05, 0) is 161 Å². The highest BCUT2D eigenvalue weighted by Gasteiger charge is 2.47. The van der Waals surface area contributed by atoms with Crippen molar-refractivity contribution >= 4 is 38.2 Å². The highest BCUT2D eigenvalue weighted by molar-refractivity contribution is 6.12. The molecule has 7 heterocycles. The number of fused-ring (bicyclic) bond motifs is 8. The maximum absolute atomic E-state index is 4.86. The molecule has 6 aromatic carbocycles. The molecule has 0 amide bonds. The van der Waals surface area contributed by atoms with E-state index in [1.807, 2.05) is 73.3 Å². The fourth-order valence-electron chi connectivity index (χ4n) is 11.4. The number of hydrogen-bond acceptors (Lipinski definition) is 4. The predicted octanol–water partition coefficient (Wildman–Crippen LogP) is 16.0. The van der Waals surface area contributed by atoms with Gasteiger partial charge in [-0.2, -0.15) is 4.57 Å². The van der Waals surface area contributed by atoms with Crippen LogP contribution in [-0.4, -0.2) is 24.5 Å². The number of allylic oxidation sites excluding steroid dienone is 1. The molecule has 1 aliphatic heterocycles. The standard InChI is InChI=1S/C66H49N6/c1-4-66(5-2)43(3)54-25-24-53(42-58(54)65-55-17-7-6-16-44(55)28-33-71(65)66)72-63-26-22-45(47-34-49(59-18-8-12-29-67-59)38-50(35-47)60-19-9-13-30-68-60)40-56(63)57-41-46(23-27-64(57)72)48-36-51(61-20-10-14-31-69-61)39-52(37-48)62-21-11-15-32-70-62/h6-42H,3-5H2,1-2H3/q+1. The molecule has 6 nitrogen and oxygen atoms in total. The molecule has 0 saturated carbocycles. The van der Waals surface area contributed by atoms with Gasteiger partial charge in [0, 0.05) is 88.0 Å². The first-order chi connectivity index (χ1) is 35.5. The molecule has 0 aliphatic carbocycles. The lowest BCUT2D eigenvalue weighted by atomic mass is 9.75. The molecule has 12 aromatic rings. The van der Waals surface area contributed by atoms with Crippen LogP contribution in [0.2, 0.25) is 0 Å². The van der Waals surface area contributed by atoms with E-state index in [1.165, 1.54) is 27.6 Å². The van der Waals surface area contributed by atoms with Gasteiger partial charge in [0.1, 0.15) is 0 Å². The van der Waals surface area contributed by atoms with Crippen LogP contribution in [0.15, 0.2) is 232 Å². The maximum atomic E-state index is 4.86. The van der Waals surface area contributed by atoms with E-state index >= 15 is 0 Å². The third-order valence-corrected chi connectivity index (χ3v) is 15.0. The average molecular weight is 926 g/mol. The third kappa shape index (κ3) is 7.05. The minimum absolute atomic E-state index is 0.234. The Kier molecular flexibility index (Phi) is 10.4. The molecule has 0 saturated heterocycles. The van der Waals surface area contributed by atoms with Gasteiger partial charge in [0.05, 0.1) is 44.8 Å². The van der Waals surface area contributed by atoms with Crippen LogP contribution in [0.4, 0.5) is 0 Å². The quantitative estimate of drug-likeness (QED) is 0.135. The summed E-state index contributed by atoms with van der Waals surface area (Å²) in [6.07, 6.45) is 11.6. The highest BCUT2D eigenvalue weighted by atomic mass is 15.1. The summed E-state index contributed by atoms with van der Waals surface area (Å²) in [5, 5.41) is 4.76. The van der Waals surface area contributed by atoms with Crippen LogP contribution in [0.1, 0.15) is 32.3 Å². The van der Waals surface area contributed by atoms with Crippen LogP contribution in [0, 0.1) is 0 Å².